The zero-order chi connectivity index (χ0) is 25.7. The molecular formula is C27H31N3O4S2. The Balaban J connectivity index is 1.59. The Kier molecular flexibility index (Phi) is 8.66. The minimum absolute atomic E-state index is 0.0380. The van der Waals surface area contributed by atoms with Gasteiger partial charge in [0.25, 0.3) is 5.91 Å². The van der Waals surface area contributed by atoms with Gasteiger partial charge in [-0.15, -0.1) is 22.7 Å². The van der Waals surface area contributed by atoms with Crippen LogP contribution in [0.4, 0.5) is 11.4 Å². The molecule has 9 heteroatoms. The number of thiazole rings is 1. The maximum atomic E-state index is 13.7. The number of benzene rings is 1. The molecule has 4 rings (SSSR count). The molecule has 1 aromatic carbocycles. The van der Waals surface area contributed by atoms with Gasteiger partial charge in [0.1, 0.15) is 5.69 Å². The van der Waals surface area contributed by atoms with E-state index in [1.165, 1.54) is 22.7 Å². The summed E-state index contributed by atoms with van der Waals surface area (Å²) in [4.78, 5) is 45.2. The van der Waals surface area contributed by atoms with E-state index in [-0.39, 0.29) is 23.8 Å². The second kappa shape index (κ2) is 11.9. The van der Waals surface area contributed by atoms with E-state index in [4.69, 9.17) is 4.74 Å². The molecule has 1 fully saturated rings. The maximum absolute atomic E-state index is 13.7. The van der Waals surface area contributed by atoms with Crippen LogP contribution < -0.4 is 10.2 Å². The van der Waals surface area contributed by atoms with Crippen LogP contribution in [-0.2, 0) is 9.53 Å². The number of methoxy groups -OCH3 is 1. The second-order valence-corrected chi connectivity index (χ2v) is 11.2. The third-order valence-electron chi connectivity index (χ3n) is 6.65. The van der Waals surface area contributed by atoms with Gasteiger partial charge in [0.15, 0.2) is 6.29 Å². The average Bonchev–Trinajstić information content (AvgIpc) is 3.56. The van der Waals surface area contributed by atoms with Crippen molar-refractivity contribution in [3.8, 4) is 10.4 Å². The molecule has 1 unspecified atom stereocenters. The van der Waals surface area contributed by atoms with Crippen molar-refractivity contribution in [2.45, 2.75) is 45.6 Å². The zero-order valence-corrected chi connectivity index (χ0v) is 22.4. The maximum Gasteiger partial charge on any atom is 0.275 e. The van der Waals surface area contributed by atoms with Crippen molar-refractivity contribution in [3.05, 3.63) is 51.8 Å². The summed E-state index contributed by atoms with van der Waals surface area (Å²) in [5.74, 6) is 0.415. The molecule has 2 amide bonds. The Morgan fingerprint density at radius 3 is 2.56 bits per heavy atom. The Hall–Kier alpha value is -2.88. The van der Waals surface area contributed by atoms with Crippen molar-refractivity contribution >= 4 is 52.1 Å². The third-order valence-corrected chi connectivity index (χ3v) is 8.34. The molecule has 36 heavy (non-hydrogen) atoms. The summed E-state index contributed by atoms with van der Waals surface area (Å²) in [7, 11) is 1.62. The van der Waals surface area contributed by atoms with E-state index in [1.807, 2.05) is 37.3 Å². The van der Waals surface area contributed by atoms with Crippen molar-refractivity contribution in [2.24, 2.45) is 11.8 Å². The fourth-order valence-corrected chi connectivity index (χ4v) is 6.14. The predicted molar refractivity (Wildman–Crippen MR) is 145 cm³/mol. The van der Waals surface area contributed by atoms with Crippen LogP contribution in [0.5, 0.6) is 0 Å². The van der Waals surface area contributed by atoms with Crippen LogP contribution in [0.2, 0.25) is 0 Å². The SMILES string of the molecule is COCC(C)N(c1cc(-c2ccc(NC(=O)c3cscn3)cc2)sc1C=O)C(=O)[C@H]1CC[C@H](C)CC1. The highest BCUT2D eigenvalue weighted by Crippen LogP contribution is 2.39. The normalized spacial score (nSPS) is 18.4. The lowest BCUT2D eigenvalue weighted by molar-refractivity contribution is -0.124. The second-order valence-electron chi connectivity index (χ2n) is 9.35. The van der Waals surface area contributed by atoms with Crippen LogP contribution in [0, 0.1) is 11.8 Å². The van der Waals surface area contributed by atoms with Gasteiger partial charge >= 0.3 is 0 Å². The summed E-state index contributed by atoms with van der Waals surface area (Å²) < 4.78 is 5.38. The summed E-state index contributed by atoms with van der Waals surface area (Å²) in [6.45, 7) is 4.57. The number of carbonyl (C=O) groups is 3. The van der Waals surface area contributed by atoms with Crippen LogP contribution in [-0.4, -0.2) is 42.8 Å². The van der Waals surface area contributed by atoms with E-state index in [9.17, 15) is 14.4 Å². The number of nitrogens with zero attached hydrogens (tertiary/aromatic N) is 2. The molecule has 2 heterocycles. The van der Waals surface area contributed by atoms with Gasteiger partial charge in [-0.05, 0) is 62.3 Å². The number of hydrogen-bond acceptors (Lipinski definition) is 7. The van der Waals surface area contributed by atoms with Gasteiger partial charge in [-0.2, -0.15) is 0 Å². The van der Waals surface area contributed by atoms with Crippen molar-refractivity contribution in [3.63, 3.8) is 0 Å². The molecule has 0 saturated heterocycles. The van der Waals surface area contributed by atoms with Gasteiger partial charge in [0.2, 0.25) is 5.91 Å². The molecule has 7 nitrogen and oxygen atoms in total. The topological polar surface area (TPSA) is 88.6 Å². The molecule has 1 N–H and O–H groups in total. The van der Waals surface area contributed by atoms with Gasteiger partial charge in [-0.1, -0.05) is 19.1 Å². The number of aldehydes is 1. The van der Waals surface area contributed by atoms with Gasteiger partial charge in [0.05, 0.1) is 28.7 Å². The average molecular weight is 526 g/mol. The summed E-state index contributed by atoms with van der Waals surface area (Å²) >= 11 is 2.73. The molecule has 0 spiro atoms. The first-order chi connectivity index (χ1) is 17.4. The number of thiophene rings is 1. The number of carbonyl (C=O) groups excluding carboxylic acids is 3. The monoisotopic (exact) mass is 525 g/mol. The molecular weight excluding hydrogens is 494 g/mol. The number of amides is 2. The van der Waals surface area contributed by atoms with Crippen LogP contribution in [0.1, 0.15) is 59.7 Å². The van der Waals surface area contributed by atoms with E-state index < -0.39 is 0 Å². The first-order valence-electron chi connectivity index (χ1n) is 12.1. The highest BCUT2D eigenvalue weighted by Gasteiger charge is 2.33. The summed E-state index contributed by atoms with van der Waals surface area (Å²) in [6, 6.07) is 9.15. The van der Waals surface area contributed by atoms with Crippen molar-refractivity contribution < 1.29 is 19.1 Å². The van der Waals surface area contributed by atoms with Gasteiger partial charge in [-0.3, -0.25) is 14.4 Å². The number of rotatable bonds is 9. The van der Waals surface area contributed by atoms with Crippen LogP contribution >= 0.6 is 22.7 Å². The lowest BCUT2D eigenvalue weighted by Crippen LogP contribution is -2.45. The van der Waals surface area contributed by atoms with E-state index in [1.54, 1.807) is 22.9 Å². The van der Waals surface area contributed by atoms with Gasteiger partial charge in [0, 0.05) is 29.0 Å². The molecule has 1 aliphatic rings. The van der Waals surface area contributed by atoms with E-state index in [0.29, 0.717) is 34.5 Å². The van der Waals surface area contributed by atoms with Crippen molar-refractivity contribution in [1.29, 1.82) is 0 Å². The molecule has 3 aromatic rings. The molecule has 1 saturated carbocycles. The highest BCUT2D eigenvalue weighted by molar-refractivity contribution is 7.17. The minimum atomic E-state index is -0.260. The standard InChI is InChI=1S/C27H31N3O4S2/c1-17-4-6-20(7-5-17)27(33)30(18(2)14-34-3)23-12-24(36-25(23)13-31)19-8-10-21(11-9-19)29-26(32)22-15-35-16-28-22/h8-13,15-18,20H,4-7,14H2,1-3H3,(H,29,32)/t17-,18?,20-. The highest BCUT2D eigenvalue weighted by atomic mass is 32.1. The Morgan fingerprint density at radius 2 is 1.94 bits per heavy atom. The van der Waals surface area contributed by atoms with Crippen molar-refractivity contribution in [1.82, 2.24) is 4.98 Å². The van der Waals surface area contributed by atoms with Crippen LogP contribution in [0.15, 0.2) is 41.2 Å². The summed E-state index contributed by atoms with van der Waals surface area (Å²) in [6.07, 6.45) is 4.66. The smallest absolute Gasteiger partial charge is 0.275 e. The first-order valence-corrected chi connectivity index (χ1v) is 13.9. The molecule has 190 valence electrons. The molecule has 2 aromatic heterocycles. The zero-order valence-electron chi connectivity index (χ0n) is 20.7. The lowest BCUT2D eigenvalue weighted by atomic mass is 9.82. The van der Waals surface area contributed by atoms with Gasteiger partial charge in [-0.25, -0.2) is 4.98 Å². The van der Waals surface area contributed by atoms with Crippen LogP contribution in [0.25, 0.3) is 10.4 Å². The Morgan fingerprint density at radius 1 is 1.22 bits per heavy atom. The van der Waals surface area contributed by atoms with Crippen LogP contribution in [0.3, 0.4) is 0 Å². The van der Waals surface area contributed by atoms with Gasteiger partial charge < -0.3 is 15.0 Å². The summed E-state index contributed by atoms with van der Waals surface area (Å²) in [5.41, 5.74) is 4.19. The predicted octanol–water partition coefficient (Wildman–Crippen LogP) is 6.13. The molecule has 0 aliphatic heterocycles. The summed E-state index contributed by atoms with van der Waals surface area (Å²) in [5, 5.41) is 4.54. The molecule has 0 radical (unpaired) electrons. The Bertz CT molecular complexity index is 1180. The fraction of sp³-hybridized carbons (Fsp3) is 0.407. The first kappa shape index (κ1) is 26.2. The minimum Gasteiger partial charge on any atom is -0.383 e. The lowest BCUT2D eigenvalue weighted by Gasteiger charge is -2.34. The quantitative estimate of drug-likeness (QED) is 0.340. The number of anilines is 2. The number of ether oxygens (including phenoxy) is 1. The molecule has 1 atom stereocenters. The van der Waals surface area contributed by atoms with E-state index in [2.05, 4.69) is 17.2 Å². The largest absolute Gasteiger partial charge is 0.383 e. The Labute approximate surface area is 219 Å². The molecule has 0 bridgehead atoms. The number of hydrogen-bond donors (Lipinski definition) is 1. The number of aromatic nitrogens is 1. The number of nitrogens with one attached hydrogen (secondary N) is 1. The fourth-order valence-electron chi connectivity index (χ4n) is 4.64. The van der Waals surface area contributed by atoms with Crippen molar-refractivity contribution in [2.75, 3.05) is 23.9 Å². The van der Waals surface area contributed by atoms with E-state index >= 15 is 0 Å². The van der Waals surface area contributed by atoms with E-state index in [0.717, 1.165) is 42.4 Å². The third kappa shape index (κ3) is 5.91. The molecule has 1 aliphatic carbocycles.